The van der Waals surface area contributed by atoms with E-state index in [0.29, 0.717) is 21.9 Å². The molecule has 2 aromatic rings. The van der Waals surface area contributed by atoms with Gasteiger partial charge in [0.2, 0.25) is 0 Å². The van der Waals surface area contributed by atoms with Gasteiger partial charge in [0.05, 0.1) is 12.7 Å². The van der Waals surface area contributed by atoms with E-state index in [-0.39, 0.29) is 12.4 Å². The molecular formula is C18H15ClO4. The Kier molecular flexibility index (Phi) is 5.94. The van der Waals surface area contributed by atoms with Crippen LogP contribution in [0.4, 0.5) is 0 Å². The second-order valence-corrected chi connectivity index (χ2v) is 5.01. The minimum Gasteiger partial charge on any atom is -0.489 e. The molecule has 0 N–H and O–H groups in total. The molecule has 0 amide bonds. The van der Waals surface area contributed by atoms with Crippen LogP contribution in [0, 0.1) is 0 Å². The maximum Gasteiger partial charge on any atom is 0.330 e. The van der Waals surface area contributed by atoms with Crippen LogP contribution in [0.15, 0.2) is 60.7 Å². The molecule has 0 unspecified atom stereocenters. The summed E-state index contributed by atoms with van der Waals surface area (Å²) >= 11 is 5.99. The van der Waals surface area contributed by atoms with Gasteiger partial charge >= 0.3 is 5.97 Å². The maximum atomic E-state index is 12.6. The Morgan fingerprint density at radius 3 is 2.57 bits per heavy atom. The molecule has 4 nitrogen and oxygen atoms in total. The topological polar surface area (TPSA) is 52.6 Å². The molecule has 0 aromatic heterocycles. The van der Waals surface area contributed by atoms with Gasteiger partial charge in [-0.15, -0.1) is 0 Å². The van der Waals surface area contributed by atoms with Crippen molar-refractivity contribution in [3.63, 3.8) is 0 Å². The SMILES string of the molecule is COC(=O)C=CCOc1ccc(Cl)cc1C(=O)c1ccccc1. The van der Waals surface area contributed by atoms with Crippen molar-refractivity contribution in [3.8, 4) is 5.75 Å². The molecule has 0 aliphatic heterocycles. The van der Waals surface area contributed by atoms with Crippen LogP contribution in [0.3, 0.4) is 0 Å². The molecule has 0 fully saturated rings. The van der Waals surface area contributed by atoms with Crippen molar-refractivity contribution in [2.45, 2.75) is 0 Å². The molecule has 0 aliphatic rings. The van der Waals surface area contributed by atoms with Crippen LogP contribution in [0.1, 0.15) is 15.9 Å². The number of benzene rings is 2. The smallest absolute Gasteiger partial charge is 0.330 e. The van der Waals surface area contributed by atoms with Gasteiger partial charge in [0.1, 0.15) is 12.4 Å². The lowest BCUT2D eigenvalue weighted by Crippen LogP contribution is -2.06. The van der Waals surface area contributed by atoms with Crippen LogP contribution >= 0.6 is 11.6 Å². The molecule has 0 aliphatic carbocycles. The number of esters is 1. The molecule has 0 heterocycles. The number of hydrogen-bond donors (Lipinski definition) is 0. The molecular weight excluding hydrogens is 316 g/mol. The number of carbonyl (C=O) groups is 2. The number of carbonyl (C=O) groups excluding carboxylic acids is 2. The van der Waals surface area contributed by atoms with E-state index in [1.807, 2.05) is 6.07 Å². The molecule has 0 radical (unpaired) electrons. The van der Waals surface area contributed by atoms with Gasteiger partial charge < -0.3 is 9.47 Å². The second-order valence-electron chi connectivity index (χ2n) is 4.57. The molecule has 0 saturated heterocycles. The van der Waals surface area contributed by atoms with Crippen molar-refractivity contribution in [2.24, 2.45) is 0 Å². The van der Waals surface area contributed by atoms with Crippen LogP contribution in [0.5, 0.6) is 5.75 Å². The molecule has 0 atom stereocenters. The maximum absolute atomic E-state index is 12.6. The van der Waals surface area contributed by atoms with E-state index in [4.69, 9.17) is 16.3 Å². The van der Waals surface area contributed by atoms with Crippen LogP contribution in [-0.2, 0) is 9.53 Å². The minimum atomic E-state index is -0.467. The summed E-state index contributed by atoms with van der Waals surface area (Å²) in [4.78, 5) is 23.6. The van der Waals surface area contributed by atoms with Gasteiger partial charge in [-0.25, -0.2) is 4.79 Å². The van der Waals surface area contributed by atoms with E-state index in [1.165, 1.54) is 19.3 Å². The van der Waals surface area contributed by atoms with Crippen molar-refractivity contribution in [1.82, 2.24) is 0 Å². The third-order valence-electron chi connectivity index (χ3n) is 3.01. The number of ether oxygens (including phenoxy) is 2. The zero-order valence-corrected chi connectivity index (χ0v) is 13.2. The fraction of sp³-hybridized carbons (Fsp3) is 0.111. The summed E-state index contributed by atoms with van der Waals surface area (Å²) in [6, 6.07) is 13.7. The van der Waals surface area contributed by atoms with Gasteiger partial charge in [-0.1, -0.05) is 41.9 Å². The first-order chi connectivity index (χ1) is 11.1. The van der Waals surface area contributed by atoms with E-state index in [0.717, 1.165) is 0 Å². The van der Waals surface area contributed by atoms with Crippen molar-refractivity contribution in [3.05, 3.63) is 76.8 Å². The van der Waals surface area contributed by atoms with Crippen molar-refractivity contribution >= 4 is 23.4 Å². The summed E-state index contributed by atoms with van der Waals surface area (Å²) in [6.45, 7) is 0.131. The summed E-state index contributed by atoms with van der Waals surface area (Å²) in [5, 5.41) is 0.446. The zero-order chi connectivity index (χ0) is 16.7. The highest BCUT2D eigenvalue weighted by Crippen LogP contribution is 2.25. The molecule has 0 saturated carbocycles. The summed E-state index contributed by atoms with van der Waals surface area (Å²) in [5.74, 6) is -0.247. The predicted molar refractivity (Wildman–Crippen MR) is 88.0 cm³/mol. The first-order valence-corrected chi connectivity index (χ1v) is 7.26. The van der Waals surface area contributed by atoms with Gasteiger partial charge in [-0.3, -0.25) is 4.79 Å². The lowest BCUT2D eigenvalue weighted by atomic mass is 10.0. The third-order valence-corrected chi connectivity index (χ3v) is 3.25. The van der Waals surface area contributed by atoms with Crippen LogP contribution < -0.4 is 4.74 Å². The number of rotatable bonds is 6. The van der Waals surface area contributed by atoms with Gasteiger partial charge in [-0.2, -0.15) is 0 Å². The molecule has 23 heavy (non-hydrogen) atoms. The highest BCUT2D eigenvalue weighted by Gasteiger charge is 2.15. The molecule has 118 valence electrons. The van der Waals surface area contributed by atoms with E-state index in [2.05, 4.69) is 4.74 Å². The standard InChI is InChI=1S/C18H15ClO4/c1-22-17(20)8-5-11-23-16-10-9-14(19)12-15(16)18(21)13-6-3-2-4-7-13/h2-10,12H,11H2,1H3. The number of hydrogen-bond acceptors (Lipinski definition) is 4. The van der Waals surface area contributed by atoms with Gasteiger partial charge in [0.15, 0.2) is 5.78 Å². The number of methoxy groups -OCH3 is 1. The fourth-order valence-electron chi connectivity index (χ4n) is 1.90. The van der Waals surface area contributed by atoms with E-state index >= 15 is 0 Å². The predicted octanol–water partition coefficient (Wildman–Crippen LogP) is 3.68. The monoisotopic (exact) mass is 330 g/mol. The molecule has 2 rings (SSSR count). The lowest BCUT2D eigenvalue weighted by molar-refractivity contribution is -0.134. The van der Waals surface area contributed by atoms with Gasteiger partial charge in [0.25, 0.3) is 0 Å². The first-order valence-electron chi connectivity index (χ1n) is 6.88. The number of ketones is 1. The molecule has 2 aromatic carbocycles. The average Bonchev–Trinajstić information content (AvgIpc) is 2.59. The highest BCUT2D eigenvalue weighted by molar-refractivity contribution is 6.31. The van der Waals surface area contributed by atoms with Gasteiger partial charge in [0, 0.05) is 16.7 Å². The summed E-state index contributed by atoms with van der Waals surface area (Å²) in [7, 11) is 1.29. The molecule has 5 heteroatoms. The normalized spacial score (nSPS) is 10.5. The summed E-state index contributed by atoms with van der Waals surface area (Å²) < 4.78 is 10.0. The van der Waals surface area contributed by atoms with Crippen molar-refractivity contribution in [2.75, 3.05) is 13.7 Å². The Bertz CT molecular complexity index is 723. The van der Waals surface area contributed by atoms with Gasteiger partial charge in [-0.05, 0) is 24.3 Å². The highest BCUT2D eigenvalue weighted by atomic mass is 35.5. The van der Waals surface area contributed by atoms with Crippen molar-refractivity contribution < 1.29 is 19.1 Å². The van der Waals surface area contributed by atoms with Crippen LogP contribution in [0.25, 0.3) is 0 Å². The van der Waals surface area contributed by atoms with E-state index in [9.17, 15) is 9.59 Å². The quantitative estimate of drug-likeness (QED) is 0.460. The second kappa shape index (κ2) is 8.15. The zero-order valence-electron chi connectivity index (χ0n) is 12.5. The average molecular weight is 331 g/mol. The Morgan fingerprint density at radius 1 is 1.13 bits per heavy atom. The largest absolute Gasteiger partial charge is 0.489 e. The van der Waals surface area contributed by atoms with E-state index < -0.39 is 5.97 Å². The van der Waals surface area contributed by atoms with E-state index in [1.54, 1.807) is 42.5 Å². The molecule has 0 bridgehead atoms. The Hall–Kier alpha value is -2.59. The minimum absolute atomic E-state index is 0.131. The molecule has 0 spiro atoms. The lowest BCUT2D eigenvalue weighted by Gasteiger charge is -2.10. The third kappa shape index (κ3) is 4.69. The number of halogens is 1. The Morgan fingerprint density at radius 2 is 1.87 bits per heavy atom. The Balaban J connectivity index is 2.19. The van der Waals surface area contributed by atoms with Crippen LogP contribution in [0.2, 0.25) is 5.02 Å². The summed E-state index contributed by atoms with van der Waals surface area (Å²) in [6.07, 6.45) is 2.77. The summed E-state index contributed by atoms with van der Waals surface area (Å²) in [5.41, 5.74) is 0.917. The first kappa shape index (κ1) is 16.8. The fourth-order valence-corrected chi connectivity index (χ4v) is 2.07. The van der Waals surface area contributed by atoms with Crippen molar-refractivity contribution in [1.29, 1.82) is 0 Å². The van der Waals surface area contributed by atoms with Crippen LogP contribution in [-0.4, -0.2) is 25.5 Å². The Labute approximate surface area is 139 Å².